The van der Waals surface area contributed by atoms with E-state index in [2.05, 4.69) is 16.9 Å². The maximum Gasteiger partial charge on any atom is 0.165 e. The van der Waals surface area contributed by atoms with Crippen molar-refractivity contribution in [3.05, 3.63) is 42.0 Å². The Morgan fingerprint density at radius 1 is 1.05 bits per heavy atom. The van der Waals surface area contributed by atoms with Gasteiger partial charge in [0.1, 0.15) is 0 Å². The Hall–Kier alpha value is -1.97. The van der Waals surface area contributed by atoms with Crippen molar-refractivity contribution in [2.45, 2.75) is 45.4 Å². The van der Waals surface area contributed by atoms with E-state index in [4.69, 9.17) is 0 Å². The van der Waals surface area contributed by atoms with Gasteiger partial charge in [0.2, 0.25) is 0 Å². The molecule has 112 valence electrons. The van der Waals surface area contributed by atoms with Gasteiger partial charge < -0.3 is 5.11 Å². The van der Waals surface area contributed by atoms with Crippen LogP contribution in [0.2, 0.25) is 0 Å². The lowest BCUT2D eigenvalue weighted by Crippen LogP contribution is -1.94. The molecule has 0 saturated heterocycles. The smallest absolute Gasteiger partial charge is 0.165 e. The highest BCUT2D eigenvalue weighted by atomic mass is 19.1. The van der Waals surface area contributed by atoms with Gasteiger partial charge in [0, 0.05) is 18.0 Å². The van der Waals surface area contributed by atoms with Gasteiger partial charge in [-0.2, -0.15) is 0 Å². The Labute approximate surface area is 124 Å². The lowest BCUT2D eigenvalue weighted by Gasteiger charge is -2.08. The highest BCUT2D eigenvalue weighted by Crippen LogP contribution is 2.28. The number of nitrogens with zero attached hydrogens (tertiary/aromatic N) is 2. The summed E-state index contributed by atoms with van der Waals surface area (Å²) in [6.07, 6.45) is 9.56. The van der Waals surface area contributed by atoms with Crippen LogP contribution in [-0.2, 0) is 6.42 Å². The van der Waals surface area contributed by atoms with Crippen molar-refractivity contribution in [3.63, 3.8) is 0 Å². The van der Waals surface area contributed by atoms with Crippen LogP contribution >= 0.6 is 0 Å². The van der Waals surface area contributed by atoms with Crippen LogP contribution in [0.1, 0.15) is 44.6 Å². The topological polar surface area (TPSA) is 46.0 Å². The van der Waals surface area contributed by atoms with Crippen molar-refractivity contribution in [3.8, 4) is 17.1 Å². The fraction of sp³-hybridized carbons (Fsp3) is 0.412. The predicted octanol–water partition coefficient (Wildman–Crippen LogP) is 4.50. The molecule has 21 heavy (non-hydrogen) atoms. The molecule has 0 bridgehead atoms. The van der Waals surface area contributed by atoms with E-state index in [9.17, 15) is 9.50 Å². The second-order valence-corrected chi connectivity index (χ2v) is 5.20. The number of phenols is 1. The molecular weight excluding hydrogens is 267 g/mol. The largest absolute Gasteiger partial charge is 0.505 e. The highest BCUT2D eigenvalue weighted by Gasteiger charge is 2.12. The van der Waals surface area contributed by atoms with E-state index < -0.39 is 5.82 Å². The summed E-state index contributed by atoms with van der Waals surface area (Å²) >= 11 is 0. The third-order valence-corrected chi connectivity index (χ3v) is 3.52. The fourth-order valence-corrected chi connectivity index (χ4v) is 2.34. The number of unbranched alkanes of at least 4 members (excludes halogenated alkanes) is 4. The number of rotatable bonds is 7. The van der Waals surface area contributed by atoms with Crippen molar-refractivity contribution in [1.29, 1.82) is 0 Å². The van der Waals surface area contributed by atoms with Gasteiger partial charge in [-0.1, -0.05) is 32.6 Å². The second-order valence-electron chi connectivity index (χ2n) is 5.20. The summed E-state index contributed by atoms with van der Waals surface area (Å²) in [4.78, 5) is 8.24. The zero-order valence-electron chi connectivity index (χ0n) is 12.3. The SMILES string of the molecule is CCCCCCCc1cc(-c2ncccn2)cc(F)c1O. The monoisotopic (exact) mass is 288 g/mol. The van der Waals surface area contributed by atoms with Gasteiger partial charge >= 0.3 is 0 Å². The molecule has 0 aliphatic rings. The lowest BCUT2D eigenvalue weighted by atomic mass is 10.0. The summed E-state index contributed by atoms with van der Waals surface area (Å²) in [7, 11) is 0. The summed E-state index contributed by atoms with van der Waals surface area (Å²) < 4.78 is 13.8. The average molecular weight is 288 g/mol. The quantitative estimate of drug-likeness (QED) is 0.763. The molecule has 0 saturated carbocycles. The van der Waals surface area contributed by atoms with Gasteiger partial charge in [-0.25, -0.2) is 14.4 Å². The molecule has 0 fully saturated rings. The molecule has 3 nitrogen and oxygen atoms in total. The van der Waals surface area contributed by atoms with Gasteiger partial charge in [-0.05, 0) is 36.6 Å². The molecule has 1 heterocycles. The van der Waals surface area contributed by atoms with Crippen molar-refractivity contribution in [1.82, 2.24) is 9.97 Å². The molecule has 4 heteroatoms. The molecule has 0 amide bonds. The lowest BCUT2D eigenvalue weighted by molar-refractivity contribution is 0.424. The Bertz CT molecular complexity index is 573. The molecule has 1 aromatic carbocycles. The number of halogens is 1. The fourth-order valence-electron chi connectivity index (χ4n) is 2.34. The number of hydrogen-bond acceptors (Lipinski definition) is 3. The van der Waals surface area contributed by atoms with Crippen LogP contribution in [0.4, 0.5) is 4.39 Å². The number of phenolic OH excluding ortho intramolecular Hbond substituents is 1. The Balaban J connectivity index is 2.12. The van der Waals surface area contributed by atoms with Crippen molar-refractivity contribution >= 4 is 0 Å². The molecule has 2 aromatic rings. The number of hydrogen-bond donors (Lipinski definition) is 1. The zero-order valence-corrected chi connectivity index (χ0v) is 12.3. The van der Waals surface area contributed by atoms with Crippen molar-refractivity contribution in [2.24, 2.45) is 0 Å². The first-order valence-electron chi connectivity index (χ1n) is 7.51. The molecule has 0 aliphatic carbocycles. The molecule has 0 atom stereocenters. The zero-order chi connectivity index (χ0) is 15.1. The van der Waals surface area contributed by atoms with Crippen molar-refractivity contribution < 1.29 is 9.50 Å². The Morgan fingerprint density at radius 2 is 1.76 bits per heavy atom. The summed E-state index contributed by atoms with van der Waals surface area (Å²) in [5.41, 5.74) is 1.24. The molecule has 1 N–H and O–H groups in total. The molecule has 0 aliphatic heterocycles. The average Bonchev–Trinajstić information content (AvgIpc) is 2.51. The highest BCUT2D eigenvalue weighted by molar-refractivity contribution is 5.58. The molecule has 2 rings (SSSR count). The first-order valence-corrected chi connectivity index (χ1v) is 7.51. The molecule has 0 spiro atoms. The summed E-state index contributed by atoms with van der Waals surface area (Å²) in [5, 5.41) is 9.86. The van der Waals surface area contributed by atoms with Crippen LogP contribution in [0.15, 0.2) is 30.6 Å². The maximum atomic E-state index is 13.8. The minimum atomic E-state index is -0.608. The van der Waals surface area contributed by atoms with E-state index in [0.717, 1.165) is 12.8 Å². The van der Waals surface area contributed by atoms with Gasteiger partial charge in [0.25, 0.3) is 0 Å². The third-order valence-electron chi connectivity index (χ3n) is 3.52. The van der Waals surface area contributed by atoms with Gasteiger partial charge in [0.05, 0.1) is 0 Å². The van der Waals surface area contributed by atoms with E-state index >= 15 is 0 Å². The summed E-state index contributed by atoms with van der Waals surface area (Å²) in [6, 6.07) is 4.79. The summed E-state index contributed by atoms with van der Waals surface area (Å²) in [5.74, 6) is -0.377. The number of benzene rings is 1. The minimum Gasteiger partial charge on any atom is -0.505 e. The van der Waals surface area contributed by atoms with E-state index in [1.165, 1.54) is 25.3 Å². The number of aryl methyl sites for hydroxylation is 1. The second kappa shape index (κ2) is 7.72. The van der Waals surface area contributed by atoms with Crippen LogP contribution < -0.4 is 0 Å². The standard InChI is InChI=1S/C17H21FN2O/c1-2-3-4-5-6-8-13-11-14(12-15(18)16(13)21)17-19-9-7-10-20-17/h7,9-12,21H,2-6,8H2,1H3. The third kappa shape index (κ3) is 4.25. The maximum absolute atomic E-state index is 13.8. The molecule has 1 aromatic heterocycles. The van der Waals surface area contributed by atoms with E-state index in [0.29, 0.717) is 23.4 Å². The summed E-state index contributed by atoms with van der Waals surface area (Å²) in [6.45, 7) is 2.17. The van der Waals surface area contributed by atoms with Crippen LogP contribution in [0, 0.1) is 5.82 Å². The van der Waals surface area contributed by atoms with Gasteiger partial charge in [0.15, 0.2) is 17.4 Å². The normalized spacial score (nSPS) is 10.8. The van der Waals surface area contributed by atoms with E-state index in [1.54, 1.807) is 24.5 Å². The Kier molecular flexibility index (Phi) is 5.67. The molecule has 0 unspecified atom stereocenters. The van der Waals surface area contributed by atoms with E-state index in [-0.39, 0.29) is 5.75 Å². The number of aromatic hydroxyl groups is 1. The number of aromatic nitrogens is 2. The molecule has 0 radical (unpaired) electrons. The van der Waals surface area contributed by atoms with Crippen LogP contribution in [0.25, 0.3) is 11.4 Å². The van der Waals surface area contributed by atoms with Gasteiger partial charge in [-0.15, -0.1) is 0 Å². The first kappa shape index (κ1) is 15.4. The van der Waals surface area contributed by atoms with Crippen LogP contribution in [-0.4, -0.2) is 15.1 Å². The van der Waals surface area contributed by atoms with Crippen molar-refractivity contribution in [2.75, 3.05) is 0 Å². The minimum absolute atomic E-state index is 0.245. The van der Waals surface area contributed by atoms with Crippen LogP contribution in [0.3, 0.4) is 0 Å². The first-order chi connectivity index (χ1) is 10.2. The van der Waals surface area contributed by atoms with Crippen LogP contribution in [0.5, 0.6) is 5.75 Å². The van der Waals surface area contributed by atoms with Gasteiger partial charge in [-0.3, -0.25) is 0 Å². The predicted molar refractivity (Wildman–Crippen MR) is 81.6 cm³/mol. The Morgan fingerprint density at radius 3 is 2.48 bits per heavy atom. The molecular formula is C17H21FN2O. The van der Waals surface area contributed by atoms with E-state index in [1.807, 2.05) is 0 Å².